The molecule has 3 aromatic carbocycles. The smallest absolute Gasteiger partial charge is 0.255 e. The molecule has 0 aliphatic heterocycles. The van der Waals surface area contributed by atoms with Crippen LogP contribution in [0.3, 0.4) is 0 Å². The second kappa shape index (κ2) is 11.8. The fourth-order valence-electron chi connectivity index (χ4n) is 3.51. The Kier molecular flexibility index (Phi) is 8.78. The molecule has 35 heavy (non-hydrogen) atoms. The first kappa shape index (κ1) is 26.1. The molecule has 0 atom stereocenters. The van der Waals surface area contributed by atoms with Crippen LogP contribution in [0.5, 0.6) is 5.75 Å². The summed E-state index contributed by atoms with van der Waals surface area (Å²) in [5.41, 5.74) is 5.94. The van der Waals surface area contributed by atoms with Crippen LogP contribution < -0.4 is 10.2 Å². The van der Waals surface area contributed by atoms with E-state index in [-0.39, 0.29) is 18.0 Å². The number of aryl methyl sites for hydroxylation is 1. The van der Waals surface area contributed by atoms with Crippen LogP contribution in [0, 0.1) is 6.92 Å². The number of benzene rings is 3. The highest BCUT2D eigenvalue weighted by Crippen LogP contribution is 2.24. The van der Waals surface area contributed by atoms with E-state index in [0.29, 0.717) is 17.2 Å². The van der Waals surface area contributed by atoms with Crippen LogP contribution in [0.4, 0.5) is 0 Å². The lowest BCUT2D eigenvalue weighted by Crippen LogP contribution is -2.39. The molecule has 0 saturated carbocycles. The molecule has 0 aliphatic rings. The van der Waals surface area contributed by atoms with Crippen molar-refractivity contribution >= 4 is 22.1 Å². The van der Waals surface area contributed by atoms with E-state index in [1.165, 1.54) is 25.0 Å². The average Bonchev–Trinajstić information content (AvgIpc) is 2.84. The Bertz CT molecular complexity index is 1270. The molecule has 7 nitrogen and oxygen atoms in total. The van der Waals surface area contributed by atoms with E-state index in [4.69, 9.17) is 4.74 Å². The summed E-state index contributed by atoms with van der Waals surface area (Å²) in [7, 11) is -2.44. The van der Waals surface area contributed by atoms with E-state index in [1.54, 1.807) is 19.1 Å². The van der Waals surface area contributed by atoms with E-state index >= 15 is 0 Å². The van der Waals surface area contributed by atoms with Gasteiger partial charge in [-0.2, -0.15) is 9.41 Å². The van der Waals surface area contributed by atoms with E-state index in [9.17, 15) is 13.2 Å². The Morgan fingerprint density at radius 2 is 1.74 bits per heavy atom. The number of methoxy groups -OCH3 is 1. The number of nitrogens with one attached hydrogen (secondary N) is 1. The summed E-state index contributed by atoms with van der Waals surface area (Å²) in [4.78, 5) is 12.8. The van der Waals surface area contributed by atoms with Crippen LogP contribution in [-0.2, 0) is 21.4 Å². The summed E-state index contributed by atoms with van der Waals surface area (Å²) in [6.07, 6.45) is 1.53. The van der Waals surface area contributed by atoms with E-state index in [1.807, 2.05) is 54.6 Å². The van der Waals surface area contributed by atoms with Crippen LogP contribution in [0.25, 0.3) is 0 Å². The van der Waals surface area contributed by atoms with Gasteiger partial charge in [-0.1, -0.05) is 68.4 Å². The molecule has 0 unspecified atom stereocenters. The van der Waals surface area contributed by atoms with Gasteiger partial charge in [-0.15, -0.1) is 0 Å². The molecule has 1 N–H and O–H groups in total. The number of carbonyl (C=O) groups excluding carboxylic acids is 1. The van der Waals surface area contributed by atoms with Crippen molar-refractivity contribution in [2.24, 2.45) is 5.10 Å². The second-order valence-corrected chi connectivity index (χ2v) is 10.4. The van der Waals surface area contributed by atoms with Gasteiger partial charge in [0.2, 0.25) is 10.0 Å². The quantitative estimate of drug-likeness (QED) is 0.333. The van der Waals surface area contributed by atoms with Crippen LogP contribution in [0.1, 0.15) is 42.0 Å². The summed E-state index contributed by atoms with van der Waals surface area (Å²) in [6, 6.07) is 21.6. The minimum Gasteiger partial charge on any atom is -0.496 e. The van der Waals surface area contributed by atoms with Crippen LogP contribution >= 0.6 is 0 Å². The third-order valence-corrected chi connectivity index (χ3v) is 7.32. The monoisotopic (exact) mass is 493 g/mol. The maximum Gasteiger partial charge on any atom is 0.255 e. The fraction of sp³-hybridized carbons (Fsp3) is 0.259. The molecule has 3 rings (SSSR count). The zero-order valence-corrected chi connectivity index (χ0v) is 21.2. The van der Waals surface area contributed by atoms with Crippen molar-refractivity contribution in [2.45, 2.75) is 38.1 Å². The predicted octanol–water partition coefficient (Wildman–Crippen LogP) is 4.47. The molecule has 0 radical (unpaired) electrons. The van der Waals surface area contributed by atoms with Crippen LogP contribution in [-0.4, -0.2) is 38.5 Å². The third kappa shape index (κ3) is 7.00. The Labute approximate surface area is 207 Å². The van der Waals surface area contributed by atoms with Crippen molar-refractivity contribution in [3.63, 3.8) is 0 Å². The fourth-order valence-corrected chi connectivity index (χ4v) is 4.98. The number of ether oxygens (including phenoxy) is 1. The normalized spacial score (nSPS) is 11.8. The molecular formula is C27H31N3O4S. The maximum absolute atomic E-state index is 13.5. The first-order valence-electron chi connectivity index (χ1n) is 11.3. The van der Waals surface area contributed by atoms with Gasteiger partial charge < -0.3 is 4.74 Å². The minimum atomic E-state index is -3.97. The highest BCUT2D eigenvalue weighted by atomic mass is 32.2. The molecule has 0 spiro atoms. The molecule has 0 saturated heterocycles. The van der Waals surface area contributed by atoms with Gasteiger partial charge in [0.15, 0.2) is 0 Å². The van der Waals surface area contributed by atoms with Gasteiger partial charge in [-0.3, -0.25) is 4.79 Å². The summed E-state index contributed by atoms with van der Waals surface area (Å²) < 4.78 is 33.3. The number of nitrogens with zero attached hydrogens (tertiary/aromatic N) is 2. The Hall–Kier alpha value is -3.49. The number of sulfonamides is 1. The predicted molar refractivity (Wildman–Crippen MR) is 138 cm³/mol. The highest BCUT2D eigenvalue weighted by Gasteiger charge is 2.27. The average molecular weight is 494 g/mol. The maximum atomic E-state index is 13.5. The summed E-state index contributed by atoms with van der Waals surface area (Å²) in [6.45, 7) is 5.67. The zero-order valence-electron chi connectivity index (χ0n) is 20.4. The largest absolute Gasteiger partial charge is 0.496 e. The number of hydrogen-bond donors (Lipinski definition) is 1. The van der Waals surface area contributed by atoms with Crippen molar-refractivity contribution in [3.8, 4) is 5.75 Å². The van der Waals surface area contributed by atoms with Gasteiger partial charge in [0.1, 0.15) is 5.75 Å². The molecule has 0 heterocycles. The zero-order chi connectivity index (χ0) is 25.4. The molecule has 0 aromatic heterocycles. The Morgan fingerprint density at radius 1 is 1.06 bits per heavy atom. The lowest BCUT2D eigenvalue weighted by Gasteiger charge is -2.22. The van der Waals surface area contributed by atoms with Gasteiger partial charge >= 0.3 is 0 Å². The van der Waals surface area contributed by atoms with Crippen LogP contribution in [0.2, 0.25) is 0 Å². The number of rotatable bonds is 10. The first-order chi connectivity index (χ1) is 16.7. The number of amides is 1. The molecule has 0 aliphatic carbocycles. The van der Waals surface area contributed by atoms with Crippen LogP contribution in [0.15, 0.2) is 82.8 Å². The summed E-state index contributed by atoms with van der Waals surface area (Å²) >= 11 is 0. The van der Waals surface area contributed by atoms with Crippen molar-refractivity contribution in [1.29, 1.82) is 0 Å². The van der Waals surface area contributed by atoms with E-state index in [2.05, 4.69) is 24.4 Å². The van der Waals surface area contributed by atoms with Gasteiger partial charge in [-0.05, 0) is 53.3 Å². The van der Waals surface area contributed by atoms with Gasteiger partial charge in [-0.25, -0.2) is 13.8 Å². The topological polar surface area (TPSA) is 88.1 Å². The first-order valence-corrected chi connectivity index (χ1v) is 12.8. The molecule has 1 amide bonds. The number of hydrazone groups is 1. The lowest BCUT2D eigenvalue weighted by atomic mass is 10.0. The molecule has 184 valence electrons. The Balaban J connectivity index is 1.77. The minimum absolute atomic E-state index is 0.0437. The summed E-state index contributed by atoms with van der Waals surface area (Å²) in [5, 5.41) is 4.01. The summed E-state index contributed by atoms with van der Waals surface area (Å²) in [5.74, 6) is 0.476. The van der Waals surface area contributed by atoms with Crippen molar-refractivity contribution < 1.29 is 17.9 Å². The number of carbonyl (C=O) groups is 1. The molecule has 8 heteroatoms. The third-order valence-electron chi connectivity index (χ3n) is 5.53. The van der Waals surface area contributed by atoms with Gasteiger partial charge in [0.05, 0.1) is 24.8 Å². The lowest BCUT2D eigenvalue weighted by molar-refractivity contribution is -0.121. The van der Waals surface area contributed by atoms with E-state index in [0.717, 1.165) is 15.4 Å². The van der Waals surface area contributed by atoms with Gasteiger partial charge in [0.25, 0.3) is 5.91 Å². The molecule has 0 bridgehead atoms. The highest BCUT2D eigenvalue weighted by molar-refractivity contribution is 7.89. The number of hydrogen-bond acceptors (Lipinski definition) is 5. The van der Waals surface area contributed by atoms with Crippen molar-refractivity contribution in [1.82, 2.24) is 9.73 Å². The standard InChI is InChI=1S/C27H31N3O4S/c1-20(2)24-12-10-22(11-13-24)17-28-29-27(31)19-30(18-23-8-6-5-7-9-23)35(32,33)25-14-15-26(34-4)21(3)16-25/h5-17,20H,18-19H2,1-4H3,(H,29,31)/b28-17+. The second-order valence-electron chi connectivity index (χ2n) is 8.50. The molecule has 3 aromatic rings. The Morgan fingerprint density at radius 3 is 2.34 bits per heavy atom. The van der Waals surface area contributed by atoms with Crippen molar-refractivity contribution in [3.05, 3.63) is 95.1 Å². The molecule has 0 fully saturated rings. The van der Waals surface area contributed by atoms with Gasteiger partial charge in [0, 0.05) is 6.54 Å². The molecular weight excluding hydrogens is 462 g/mol. The van der Waals surface area contributed by atoms with Crippen molar-refractivity contribution in [2.75, 3.05) is 13.7 Å². The SMILES string of the molecule is COc1ccc(S(=O)(=O)N(CC(=O)N/N=C/c2ccc(C(C)C)cc2)Cc2ccccc2)cc1C. The van der Waals surface area contributed by atoms with E-state index < -0.39 is 15.9 Å².